The molecule has 4 aromatic heterocycles. The molecule has 6 rings (SSSR count). The number of amides is 1. The molecule has 0 bridgehead atoms. The van der Waals surface area contributed by atoms with Gasteiger partial charge in [0.05, 0.1) is 47.4 Å². The molecule has 1 amide bonds. The van der Waals surface area contributed by atoms with Crippen LogP contribution >= 0.6 is 0 Å². The Balaban J connectivity index is 1.12. The summed E-state index contributed by atoms with van der Waals surface area (Å²) in [5.41, 5.74) is 3.57. The van der Waals surface area contributed by atoms with Crippen LogP contribution in [0.25, 0.3) is 11.0 Å². The van der Waals surface area contributed by atoms with Gasteiger partial charge in [-0.2, -0.15) is 10.1 Å². The number of nitrogens with one attached hydrogen (secondary N) is 3. The first-order valence-corrected chi connectivity index (χ1v) is 14.8. The van der Waals surface area contributed by atoms with Crippen molar-refractivity contribution in [3.05, 3.63) is 48.0 Å². The van der Waals surface area contributed by atoms with E-state index in [4.69, 9.17) is 4.74 Å². The minimum Gasteiger partial charge on any atom is -0.378 e. The summed E-state index contributed by atoms with van der Waals surface area (Å²) in [5.74, 6) is 1.80. The fourth-order valence-corrected chi connectivity index (χ4v) is 5.65. The summed E-state index contributed by atoms with van der Waals surface area (Å²) in [6.45, 7) is 12.0. The van der Waals surface area contributed by atoms with Crippen molar-refractivity contribution in [2.45, 2.75) is 39.2 Å². The molecule has 13 heteroatoms. The van der Waals surface area contributed by atoms with Gasteiger partial charge in [-0.3, -0.25) is 14.7 Å². The van der Waals surface area contributed by atoms with E-state index in [1.165, 1.54) is 12.8 Å². The third kappa shape index (κ3) is 6.37. The maximum atomic E-state index is 12.9. The van der Waals surface area contributed by atoms with Crippen LogP contribution in [0.3, 0.4) is 0 Å². The Kier molecular flexibility index (Phi) is 8.08. The Morgan fingerprint density at radius 3 is 2.63 bits per heavy atom. The molecular weight excluding hydrogens is 546 g/mol. The van der Waals surface area contributed by atoms with Gasteiger partial charge in [-0.05, 0) is 58.4 Å². The molecule has 4 aromatic rings. The van der Waals surface area contributed by atoms with E-state index in [9.17, 15) is 4.79 Å². The van der Waals surface area contributed by atoms with Gasteiger partial charge in [-0.25, -0.2) is 14.6 Å². The van der Waals surface area contributed by atoms with E-state index in [2.05, 4.69) is 64.6 Å². The smallest absolute Gasteiger partial charge is 0.252 e. The molecule has 2 fully saturated rings. The number of hydrogen-bond acceptors (Lipinski definition) is 11. The van der Waals surface area contributed by atoms with Crippen LogP contribution in [0, 0.1) is 6.92 Å². The van der Waals surface area contributed by atoms with E-state index in [0.717, 1.165) is 48.8 Å². The van der Waals surface area contributed by atoms with E-state index in [-0.39, 0.29) is 11.4 Å². The third-order valence-electron chi connectivity index (χ3n) is 8.26. The van der Waals surface area contributed by atoms with Crippen LogP contribution in [0.4, 0.5) is 29.0 Å². The number of pyridine rings is 2. The number of hydrogen-bond donors (Lipinski definition) is 3. The van der Waals surface area contributed by atoms with Gasteiger partial charge in [0.1, 0.15) is 5.82 Å². The van der Waals surface area contributed by atoms with Crippen molar-refractivity contribution in [1.82, 2.24) is 39.9 Å². The maximum Gasteiger partial charge on any atom is 0.252 e. The number of aryl methyl sites for hydroxylation is 2. The number of carbonyl (C=O) groups is 1. The Bertz CT molecular complexity index is 1600. The monoisotopic (exact) mass is 585 g/mol. The molecule has 0 saturated carbocycles. The maximum absolute atomic E-state index is 12.9. The van der Waals surface area contributed by atoms with Gasteiger partial charge in [0.2, 0.25) is 5.95 Å². The third-order valence-corrected chi connectivity index (χ3v) is 8.26. The van der Waals surface area contributed by atoms with Crippen LogP contribution in [-0.4, -0.2) is 92.0 Å². The van der Waals surface area contributed by atoms with E-state index < -0.39 is 0 Å². The fourth-order valence-electron chi connectivity index (χ4n) is 5.65. The molecule has 0 radical (unpaired) electrons. The van der Waals surface area contributed by atoms with Crippen molar-refractivity contribution in [3.8, 4) is 0 Å². The molecule has 226 valence electrons. The zero-order valence-corrected chi connectivity index (χ0v) is 25.2. The van der Waals surface area contributed by atoms with E-state index >= 15 is 0 Å². The second kappa shape index (κ2) is 12.1. The zero-order valence-electron chi connectivity index (χ0n) is 25.2. The highest BCUT2D eigenvalue weighted by molar-refractivity contribution is 5.96. The summed E-state index contributed by atoms with van der Waals surface area (Å²) in [6, 6.07) is 5.76. The summed E-state index contributed by atoms with van der Waals surface area (Å²) < 4.78 is 7.12. The molecule has 3 N–H and O–H groups in total. The Hall–Kier alpha value is -4.36. The second-order valence-corrected chi connectivity index (χ2v) is 11.7. The summed E-state index contributed by atoms with van der Waals surface area (Å²) in [4.78, 5) is 35.8. The van der Waals surface area contributed by atoms with Gasteiger partial charge < -0.3 is 25.6 Å². The van der Waals surface area contributed by atoms with E-state index in [0.29, 0.717) is 48.4 Å². The lowest BCUT2D eigenvalue weighted by Crippen LogP contribution is -2.43. The lowest BCUT2D eigenvalue weighted by atomic mass is 10.0. The molecule has 0 aromatic carbocycles. The van der Waals surface area contributed by atoms with Crippen LogP contribution in [0.5, 0.6) is 0 Å². The Morgan fingerprint density at radius 2 is 1.88 bits per heavy atom. The number of morpholine rings is 1. The highest BCUT2D eigenvalue weighted by Gasteiger charge is 2.31. The number of ether oxygens (including phenoxy) is 1. The van der Waals surface area contributed by atoms with Crippen molar-refractivity contribution in [3.63, 3.8) is 0 Å². The number of rotatable bonds is 9. The summed E-state index contributed by atoms with van der Waals surface area (Å²) in [6.07, 6.45) is 7.50. The molecule has 2 aliphatic rings. The lowest BCUT2D eigenvalue weighted by molar-refractivity contribution is 0.0940. The van der Waals surface area contributed by atoms with Gasteiger partial charge in [0, 0.05) is 51.2 Å². The summed E-state index contributed by atoms with van der Waals surface area (Å²) in [7, 11) is 1.83. The standard InChI is InChI=1S/C30H39N11O2/c1-20-24(16-21(17-32-20)28(42)31-9-11-41-10-5-8-30(41,2)3)36-26-23-19-34-29(37-27(23)39(4)38-26)35-22-6-7-25(33-18-22)40-12-14-43-15-13-40/h6-7,16-19H,5,8-15H2,1-4H3,(H,31,42)(H,36,38)(H,34,35,37). The first kappa shape index (κ1) is 28.7. The van der Waals surface area contributed by atoms with Crippen molar-refractivity contribution in [1.29, 1.82) is 0 Å². The number of anilines is 5. The van der Waals surface area contributed by atoms with Gasteiger partial charge in [-0.15, -0.1) is 0 Å². The number of aromatic nitrogens is 6. The predicted molar refractivity (Wildman–Crippen MR) is 166 cm³/mol. The molecule has 2 saturated heterocycles. The molecule has 43 heavy (non-hydrogen) atoms. The van der Waals surface area contributed by atoms with Gasteiger partial charge in [-0.1, -0.05) is 0 Å². The molecule has 13 nitrogen and oxygen atoms in total. The summed E-state index contributed by atoms with van der Waals surface area (Å²) in [5, 5.41) is 15.0. The zero-order chi connectivity index (χ0) is 30.0. The van der Waals surface area contributed by atoms with Crippen molar-refractivity contribution >= 4 is 45.9 Å². The van der Waals surface area contributed by atoms with Crippen LogP contribution < -0.4 is 20.9 Å². The SMILES string of the molecule is Cc1ncc(C(=O)NCCN2CCCC2(C)C)cc1Nc1nn(C)c2nc(Nc3ccc(N4CCOCC4)nc3)ncc12. The Morgan fingerprint density at radius 1 is 1.05 bits per heavy atom. The molecule has 6 heterocycles. The Labute approximate surface area is 251 Å². The number of likely N-dealkylation sites (tertiary alicyclic amines) is 1. The first-order valence-electron chi connectivity index (χ1n) is 14.8. The van der Waals surface area contributed by atoms with Gasteiger partial charge in [0.15, 0.2) is 11.5 Å². The largest absolute Gasteiger partial charge is 0.378 e. The van der Waals surface area contributed by atoms with Crippen molar-refractivity contribution < 1.29 is 9.53 Å². The van der Waals surface area contributed by atoms with E-state index in [1.54, 1.807) is 23.3 Å². The average Bonchev–Trinajstić information content (AvgIpc) is 3.51. The minimum absolute atomic E-state index is 0.148. The van der Waals surface area contributed by atoms with Crippen molar-refractivity contribution in [2.75, 3.05) is 61.5 Å². The number of nitrogens with zero attached hydrogens (tertiary/aromatic N) is 8. The van der Waals surface area contributed by atoms with Crippen LogP contribution in [0.2, 0.25) is 0 Å². The quantitative estimate of drug-likeness (QED) is 0.266. The fraction of sp³-hybridized carbons (Fsp3) is 0.467. The van der Waals surface area contributed by atoms with Crippen LogP contribution in [0.15, 0.2) is 36.8 Å². The minimum atomic E-state index is -0.148. The molecule has 0 unspecified atom stereocenters. The normalized spacial score (nSPS) is 16.9. The van der Waals surface area contributed by atoms with Crippen LogP contribution in [0.1, 0.15) is 42.7 Å². The molecule has 0 aliphatic carbocycles. The molecule has 0 spiro atoms. The van der Waals surface area contributed by atoms with E-state index in [1.807, 2.05) is 32.2 Å². The summed E-state index contributed by atoms with van der Waals surface area (Å²) >= 11 is 0. The van der Waals surface area contributed by atoms with Gasteiger partial charge >= 0.3 is 0 Å². The highest BCUT2D eigenvalue weighted by atomic mass is 16.5. The molecular formula is C30H39N11O2. The predicted octanol–water partition coefficient (Wildman–Crippen LogP) is 3.39. The first-order chi connectivity index (χ1) is 20.8. The highest BCUT2D eigenvalue weighted by Crippen LogP contribution is 2.28. The lowest BCUT2D eigenvalue weighted by Gasteiger charge is -2.31. The topological polar surface area (TPSA) is 138 Å². The molecule has 0 atom stereocenters. The van der Waals surface area contributed by atoms with Gasteiger partial charge in [0.25, 0.3) is 5.91 Å². The second-order valence-electron chi connectivity index (χ2n) is 11.7. The van der Waals surface area contributed by atoms with Crippen molar-refractivity contribution in [2.24, 2.45) is 7.05 Å². The number of fused-ring (bicyclic) bond motifs is 1. The van der Waals surface area contributed by atoms with Crippen LogP contribution in [-0.2, 0) is 11.8 Å². The molecule has 2 aliphatic heterocycles. The average molecular weight is 586 g/mol. The number of carbonyl (C=O) groups excluding carboxylic acids is 1.